The highest BCUT2D eigenvalue weighted by Crippen LogP contribution is 2.24. The van der Waals surface area contributed by atoms with Crippen LogP contribution in [0.5, 0.6) is 0 Å². The number of alkyl halides is 4. The summed E-state index contributed by atoms with van der Waals surface area (Å²) in [6.45, 7) is 1.29. The number of nitrogens with one attached hydrogen (secondary N) is 1. The van der Waals surface area contributed by atoms with E-state index in [4.69, 9.17) is 0 Å². The molecule has 7 heteroatoms. The van der Waals surface area contributed by atoms with Crippen molar-refractivity contribution < 1.29 is 26.7 Å². The molecule has 18 heavy (non-hydrogen) atoms. The normalized spacial score (nSPS) is 13.5. The molecule has 0 aliphatic rings. The summed E-state index contributed by atoms with van der Waals surface area (Å²) in [6, 6.07) is 3.85. The van der Waals surface area contributed by atoms with E-state index in [2.05, 4.69) is 0 Å². The number of rotatable bonds is 4. The maximum absolute atomic E-state index is 12.8. The van der Waals surface area contributed by atoms with Crippen molar-refractivity contribution in [1.82, 2.24) is 5.32 Å². The Bertz CT molecular complexity index is 435. The Balaban J connectivity index is 2.77. The maximum atomic E-state index is 12.8. The molecule has 1 atom stereocenters. The second-order valence-corrected chi connectivity index (χ2v) is 3.67. The van der Waals surface area contributed by atoms with Crippen LogP contribution in [0.2, 0.25) is 0 Å². The average molecular weight is 267 g/mol. The van der Waals surface area contributed by atoms with Crippen LogP contribution >= 0.6 is 0 Å². The number of amides is 1. The third-order valence-electron chi connectivity index (χ3n) is 2.27. The smallest absolute Gasteiger partial charge is 0.344 e. The second kappa shape index (κ2) is 5.32. The molecule has 0 saturated carbocycles. The number of halogens is 5. The molecule has 1 aromatic carbocycles. The van der Waals surface area contributed by atoms with Crippen molar-refractivity contribution in [2.45, 2.75) is 25.3 Å². The Morgan fingerprint density at radius 3 is 2.44 bits per heavy atom. The quantitative estimate of drug-likeness (QED) is 0.835. The van der Waals surface area contributed by atoms with Gasteiger partial charge in [0, 0.05) is 0 Å². The molecular weight excluding hydrogens is 257 g/mol. The molecule has 1 rings (SSSR count). The molecule has 0 unspecified atom stereocenters. The van der Waals surface area contributed by atoms with Gasteiger partial charge in [-0.3, -0.25) is 4.79 Å². The van der Waals surface area contributed by atoms with Gasteiger partial charge in [-0.2, -0.15) is 8.78 Å². The van der Waals surface area contributed by atoms with Gasteiger partial charge in [0.1, 0.15) is 5.82 Å². The Kier molecular flexibility index (Phi) is 4.26. The second-order valence-electron chi connectivity index (χ2n) is 3.67. The summed E-state index contributed by atoms with van der Waals surface area (Å²) in [5.41, 5.74) is 0.202. The van der Waals surface area contributed by atoms with Crippen LogP contribution in [-0.2, 0) is 4.79 Å². The maximum Gasteiger partial charge on any atom is 0.383 e. The number of hydrogen-bond donors (Lipinski definition) is 1. The van der Waals surface area contributed by atoms with Crippen molar-refractivity contribution in [3.63, 3.8) is 0 Å². The monoisotopic (exact) mass is 267 g/mol. The fraction of sp³-hybridized carbons (Fsp3) is 0.364. The number of benzene rings is 1. The molecule has 0 aromatic heterocycles. The largest absolute Gasteiger partial charge is 0.383 e. The molecule has 1 N–H and O–H groups in total. The predicted molar refractivity (Wildman–Crippen MR) is 53.9 cm³/mol. The van der Waals surface area contributed by atoms with Crippen molar-refractivity contribution in [1.29, 1.82) is 0 Å². The van der Waals surface area contributed by atoms with E-state index in [-0.39, 0.29) is 5.56 Å². The van der Waals surface area contributed by atoms with Crippen molar-refractivity contribution in [3.8, 4) is 0 Å². The Labute approximate surface area is 99.8 Å². The zero-order valence-corrected chi connectivity index (χ0v) is 9.26. The minimum absolute atomic E-state index is 0.202. The first-order valence-electron chi connectivity index (χ1n) is 4.97. The zero-order chi connectivity index (χ0) is 13.9. The van der Waals surface area contributed by atoms with Crippen LogP contribution in [0.15, 0.2) is 24.3 Å². The van der Waals surface area contributed by atoms with Gasteiger partial charge in [-0.15, -0.1) is 0 Å². The van der Waals surface area contributed by atoms with Crippen molar-refractivity contribution in [2.75, 3.05) is 0 Å². The van der Waals surface area contributed by atoms with E-state index in [1.54, 1.807) is 5.32 Å². The van der Waals surface area contributed by atoms with Gasteiger partial charge in [0.15, 0.2) is 0 Å². The summed E-state index contributed by atoms with van der Waals surface area (Å²) >= 11 is 0. The van der Waals surface area contributed by atoms with Gasteiger partial charge in [0.05, 0.1) is 6.04 Å². The number of carbonyl (C=O) groups excluding carboxylic acids is 1. The van der Waals surface area contributed by atoms with Gasteiger partial charge in [0.2, 0.25) is 0 Å². The highest BCUT2D eigenvalue weighted by atomic mass is 19.3. The molecule has 0 spiro atoms. The van der Waals surface area contributed by atoms with E-state index >= 15 is 0 Å². The van der Waals surface area contributed by atoms with Crippen LogP contribution in [0.3, 0.4) is 0 Å². The van der Waals surface area contributed by atoms with Gasteiger partial charge in [-0.05, 0) is 24.6 Å². The van der Waals surface area contributed by atoms with Crippen molar-refractivity contribution in [3.05, 3.63) is 35.6 Å². The standard InChI is InChI=1S/C11H10F5NO/c1-6(7-3-2-4-8(12)5-7)17-10(18)11(15,16)9(13)14/h2-6,9H,1H3,(H,17,18)/t6-/m1/s1. The lowest BCUT2D eigenvalue weighted by Gasteiger charge is -2.19. The molecule has 1 aromatic rings. The van der Waals surface area contributed by atoms with E-state index in [1.807, 2.05) is 0 Å². The topological polar surface area (TPSA) is 29.1 Å². The first-order valence-corrected chi connectivity index (χ1v) is 4.97. The van der Waals surface area contributed by atoms with E-state index in [0.717, 1.165) is 12.1 Å². The molecule has 100 valence electrons. The fourth-order valence-corrected chi connectivity index (χ4v) is 1.25. The van der Waals surface area contributed by atoms with Crippen LogP contribution in [0, 0.1) is 5.82 Å². The molecular formula is C11H10F5NO. The lowest BCUT2D eigenvalue weighted by molar-refractivity contribution is -0.170. The van der Waals surface area contributed by atoms with E-state index < -0.39 is 30.1 Å². The Morgan fingerprint density at radius 2 is 1.94 bits per heavy atom. The molecule has 2 nitrogen and oxygen atoms in total. The van der Waals surface area contributed by atoms with Gasteiger partial charge < -0.3 is 5.32 Å². The minimum Gasteiger partial charge on any atom is -0.344 e. The summed E-state index contributed by atoms with van der Waals surface area (Å²) < 4.78 is 62.0. The van der Waals surface area contributed by atoms with E-state index in [0.29, 0.717) is 0 Å². The lowest BCUT2D eigenvalue weighted by Crippen LogP contribution is -2.45. The SMILES string of the molecule is C[C@@H](NC(=O)C(F)(F)C(F)F)c1cccc(F)c1. The van der Waals surface area contributed by atoms with Crippen LogP contribution in [-0.4, -0.2) is 18.3 Å². The number of hydrogen-bond acceptors (Lipinski definition) is 1. The molecule has 0 aliphatic heterocycles. The third kappa shape index (κ3) is 3.18. The molecule has 0 saturated heterocycles. The average Bonchev–Trinajstić information content (AvgIpc) is 2.28. The lowest BCUT2D eigenvalue weighted by atomic mass is 10.1. The van der Waals surface area contributed by atoms with Gasteiger partial charge >= 0.3 is 12.3 Å². The summed E-state index contributed by atoms with van der Waals surface area (Å²) in [4.78, 5) is 10.9. The first kappa shape index (κ1) is 14.4. The summed E-state index contributed by atoms with van der Waals surface area (Å²) in [5.74, 6) is -7.47. The molecule has 0 fully saturated rings. The fourth-order valence-electron chi connectivity index (χ4n) is 1.25. The van der Waals surface area contributed by atoms with Gasteiger partial charge in [0.25, 0.3) is 5.91 Å². The Morgan fingerprint density at radius 1 is 1.33 bits per heavy atom. The highest BCUT2D eigenvalue weighted by Gasteiger charge is 2.49. The van der Waals surface area contributed by atoms with Gasteiger partial charge in [-0.1, -0.05) is 12.1 Å². The van der Waals surface area contributed by atoms with Crippen LogP contribution < -0.4 is 5.32 Å². The van der Waals surface area contributed by atoms with Crippen molar-refractivity contribution >= 4 is 5.91 Å². The van der Waals surface area contributed by atoms with E-state index in [9.17, 15) is 26.7 Å². The summed E-state index contributed by atoms with van der Waals surface area (Å²) in [6.07, 6.45) is -4.09. The van der Waals surface area contributed by atoms with Gasteiger partial charge in [-0.25, -0.2) is 13.2 Å². The number of carbonyl (C=O) groups is 1. The molecule has 1 amide bonds. The molecule has 0 bridgehead atoms. The molecule has 0 radical (unpaired) electrons. The zero-order valence-electron chi connectivity index (χ0n) is 9.26. The van der Waals surface area contributed by atoms with E-state index in [1.165, 1.54) is 19.1 Å². The predicted octanol–water partition coefficient (Wildman–Crippen LogP) is 2.90. The summed E-state index contributed by atoms with van der Waals surface area (Å²) in [7, 11) is 0. The summed E-state index contributed by atoms with van der Waals surface area (Å²) in [5, 5.41) is 1.71. The highest BCUT2D eigenvalue weighted by molar-refractivity contribution is 5.84. The van der Waals surface area contributed by atoms with Crippen LogP contribution in [0.25, 0.3) is 0 Å². The minimum atomic E-state index is -4.76. The van der Waals surface area contributed by atoms with Crippen LogP contribution in [0.4, 0.5) is 22.0 Å². The third-order valence-corrected chi connectivity index (χ3v) is 2.27. The van der Waals surface area contributed by atoms with Crippen molar-refractivity contribution in [2.24, 2.45) is 0 Å². The first-order chi connectivity index (χ1) is 8.25. The molecule has 0 heterocycles. The Hall–Kier alpha value is -1.66. The molecule has 0 aliphatic carbocycles. The van der Waals surface area contributed by atoms with Crippen LogP contribution in [0.1, 0.15) is 18.5 Å².